The molecule has 0 spiro atoms. The number of carbonyl (C=O) groups is 2. The van der Waals surface area contributed by atoms with E-state index in [0.717, 1.165) is 12.1 Å². The molecule has 0 aliphatic carbocycles. The van der Waals surface area contributed by atoms with Crippen molar-refractivity contribution < 1.29 is 14.0 Å². The molecule has 1 aromatic heterocycles. The molecule has 114 valence electrons. The Morgan fingerprint density at radius 3 is 2.95 bits per heavy atom. The lowest BCUT2D eigenvalue weighted by Crippen LogP contribution is -2.46. The van der Waals surface area contributed by atoms with Crippen molar-refractivity contribution in [1.29, 1.82) is 0 Å². The van der Waals surface area contributed by atoms with E-state index in [4.69, 9.17) is 4.42 Å². The minimum absolute atomic E-state index is 0.111. The largest absolute Gasteiger partial charge is 0.469 e. The summed E-state index contributed by atoms with van der Waals surface area (Å²) < 4.78 is 5.13. The maximum atomic E-state index is 12.2. The molecule has 3 amide bonds. The van der Waals surface area contributed by atoms with Gasteiger partial charge in [-0.2, -0.15) is 0 Å². The van der Waals surface area contributed by atoms with E-state index in [1.165, 1.54) is 6.26 Å². The van der Waals surface area contributed by atoms with E-state index in [9.17, 15) is 9.59 Å². The molecule has 0 unspecified atom stereocenters. The number of hydrogen-bond acceptors (Lipinski definition) is 3. The number of benzene rings is 1. The summed E-state index contributed by atoms with van der Waals surface area (Å²) in [5.74, 6) is 0.343. The molecule has 0 radical (unpaired) electrons. The van der Waals surface area contributed by atoms with E-state index in [1.54, 1.807) is 30.0 Å². The molecule has 1 aromatic carbocycles. The van der Waals surface area contributed by atoms with Gasteiger partial charge < -0.3 is 15.1 Å². The van der Waals surface area contributed by atoms with Crippen molar-refractivity contribution in [1.82, 2.24) is 5.32 Å². The lowest BCUT2D eigenvalue weighted by atomic mass is 10.2. The van der Waals surface area contributed by atoms with Crippen LogP contribution in [-0.2, 0) is 0 Å². The Balaban J connectivity index is 1.78. The Morgan fingerprint density at radius 1 is 1.36 bits per heavy atom. The summed E-state index contributed by atoms with van der Waals surface area (Å²) in [4.78, 5) is 25.7. The fourth-order valence-electron chi connectivity index (χ4n) is 2.45. The SMILES string of the molecule is Cc1occc1C(=O)Nc1cccc(N2CCCNC2=O)c1. The number of nitrogens with zero attached hydrogens (tertiary/aromatic N) is 1. The maximum Gasteiger partial charge on any atom is 0.321 e. The molecular weight excluding hydrogens is 282 g/mol. The van der Waals surface area contributed by atoms with Crippen LogP contribution in [0.4, 0.5) is 16.2 Å². The maximum absolute atomic E-state index is 12.2. The Kier molecular flexibility index (Phi) is 3.82. The van der Waals surface area contributed by atoms with Crippen LogP contribution in [0, 0.1) is 6.92 Å². The van der Waals surface area contributed by atoms with E-state index in [0.29, 0.717) is 30.1 Å². The fourth-order valence-corrected chi connectivity index (χ4v) is 2.45. The van der Waals surface area contributed by atoms with Crippen LogP contribution in [0.5, 0.6) is 0 Å². The van der Waals surface area contributed by atoms with Crippen molar-refractivity contribution in [3.8, 4) is 0 Å². The third-order valence-corrected chi connectivity index (χ3v) is 3.60. The molecule has 2 heterocycles. The quantitative estimate of drug-likeness (QED) is 0.915. The van der Waals surface area contributed by atoms with Gasteiger partial charge in [-0.05, 0) is 37.6 Å². The van der Waals surface area contributed by atoms with Gasteiger partial charge in [-0.3, -0.25) is 9.69 Å². The molecule has 1 aliphatic rings. The predicted octanol–water partition coefficient (Wildman–Crippen LogP) is 2.76. The van der Waals surface area contributed by atoms with Crippen LogP contribution in [0.1, 0.15) is 22.5 Å². The Labute approximate surface area is 128 Å². The zero-order valence-corrected chi connectivity index (χ0v) is 12.3. The van der Waals surface area contributed by atoms with Crippen molar-refractivity contribution in [2.45, 2.75) is 13.3 Å². The van der Waals surface area contributed by atoms with Crippen LogP contribution in [0.25, 0.3) is 0 Å². The van der Waals surface area contributed by atoms with Crippen LogP contribution in [-0.4, -0.2) is 25.0 Å². The Morgan fingerprint density at radius 2 is 2.23 bits per heavy atom. The highest BCUT2D eigenvalue weighted by Gasteiger charge is 2.19. The highest BCUT2D eigenvalue weighted by atomic mass is 16.3. The second kappa shape index (κ2) is 5.93. The van der Waals surface area contributed by atoms with Crippen molar-refractivity contribution in [2.24, 2.45) is 0 Å². The Hall–Kier alpha value is -2.76. The lowest BCUT2D eigenvalue weighted by molar-refractivity contribution is 0.102. The molecule has 6 nitrogen and oxygen atoms in total. The second-order valence-corrected chi connectivity index (χ2v) is 5.13. The van der Waals surface area contributed by atoms with Gasteiger partial charge in [-0.25, -0.2) is 4.79 Å². The molecule has 0 saturated carbocycles. The Bertz CT molecular complexity index is 708. The molecule has 1 fully saturated rings. The number of urea groups is 1. The van der Waals surface area contributed by atoms with Crippen LogP contribution < -0.4 is 15.5 Å². The van der Waals surface area contributed by atoms with E-state index < -0.39 is 0 Å². The van der Waals surface area contributed by atoms with E-state index >= 15 is 0 Å². The predicted molar refractivity (Wildman–Crippen MR) is 83.2 cm³/mol. The first kappa shape index (κ1) is 14.2. The third kappa shape index (κ3) is 2.81. The molecule has 0 atom stereocenters. The van der Waals surface area contributed by atoms with Gasteiger partial charge in [0, 0.05) is 24.5 Å². The first-order valence-electron chi connectivity index (χ1n) is 7.16. The molecular formula is C16H17N3O3. The topological polar surface area (TPSA) is 74.6 Å². The summed E-state index contributed by atoms with van der Waals surface area (Å²) in [6.07, 6.45) is 2.38. The van der Waals surface area contributed by atoms with E-state index in [1.807, 2.05) is 12.1 Å². The average Bonchev–Trinajstić information content (AvgIpc) is 2.94. The third-order valence-electron chi connectivity index (χ3n) is 3.60. The molecule has 1 aliphatic heterocycles. The van der Waals surface area contributed by atoms with Crippen LogP contribution >= 0.6 is 0 Å². The average molecular weight is 299 g/mol. The number of aryl methyl sites for hydroxylation is 1. The van der Waals surface area contributed by atoms with Crippen LogP contribution in [0.15, 0.2) is 41.0 Å². The van der Waals surface area contributed by atoms with E-state index in [2.05, 4.69) is 10.6 Å². The van der Waals surface area contributed by atoms with Crippen molar-refractivity contribution >= 4 is 23.3 Å². The highest BCUT2D eigenvalue weighted by molar-refractivity contribution is 6.05. The van der Waals surface area contributed by atoms with Crippen molar-refractivity contribution in [3.05, 3.63) is 47.9 Å². The molecule has 3 rings (SSSR count). The number of hydrogen-bond donors (Lipinski definition) is 2. The summed E-state index contributed by atoms with van der Waals surface area (Å²) >= 11 is 0. The molecule has 0 bridgehead atoms. The summed E-state index contributed by atoms with van der Waals surface area (Å²) in [7, 11) is 0. The van der Waals surface area contributed by atoms with Gasteiger partial charge in [0.05, 0.1) is 11.8 Å². The molecule has 2 N–H and O–H groups in total. The number of furan rings is 1. The first-order chi connectivity index (χ1) is 10.6. The van der Waals surface area contributed by atoms with Gasteiger partial charge >= 0.3 is 6.03 Å². The van der Waals surface area contributed by atoms with Gasteiger partial charge in [0.1, 0.15) is 5.76 Å². The normalized spacial score (nSPS) is 14.6. The van der Waals surface area contributed by atoms with Crippen LogP contribution in [0.3, 0.4) is 0 Å². The van der Waals surface area contributed by atoms with Crippen molar-refractivity contribution in [3.63, 3.8) is 0 Å². The molecule has 6 heteroatoms. The standard InChI is InChI=1S/C16H17N3O3/c1-11-14(6-9-22-11)15(20)18-12-4-2-5-13(10-12)19-8-3-7-17-16(19)21/h2,4-6,9-10H,3,7-8H2,1H3,(H,17,21)(H,18,20). The fraction of sp³-hybridized carbons (Fsp3) is 0.250. The number of anilines is 2. The lowest BCUT2D eigenvalue weighted by Gasteiger charge is -2.27. The van der Waals surface area contributed by atoms with Gasteiger partial charge in [0.15, 0.2) is 0 Å². The summed E-state index contributed by atoms with van der Waals surface area (Å²) in [5.41, 5.74) is 1.90. The second-order valence-electron chi connectivity index (χ2n) is 5.13. The summed E-state index contributed by atoms with van der Waals surface area (Å²) in [5, 5.41) is 5.63. The van der Waals surface area contributed by atoms with Gasteiger partial charge in [0.25, 0.3) is 5.91 Å². The smallest absolute Gasteiger partial charge is 0.321 e. The summed E-state index contributed by atoms with van der Waals surface area (Å²) in [6, 6.07) is 8.77. The minimum atomic E-state index is -0.230. The molecule has 2 aromatic rings. The van der Waals surface area contributed by atoms with Gasteiger partial charge in [-0.15, -0.1) is 0 Å². The first-order valence-corrected chi connectivity index (χ1v) is 7.16. The number of amides is 3. The van der Waals surface area contributed by atoms with Crippen molar-refractivity contribution in [2.75, 3.05) is 23.3 Å². The summed E-state index contributed by atoms with van der Waals surface area (Å²) in [6.45, 7) is 3.11. The van der Waals surface area contributed by atoms with Gasteiger partial charge in [0.2, 0.25) is 0 Å². The van der Waals surface area contributed by atoms with E-state index in [-0.39, 0.29) is 11.9 Å². The van der Waals surface area contributed by atoms with Crippen LogP contribution in [0.2, 0.25) is 0 Å². The highest BCUT2D eigenvalue weighted by Crippen LogP contribution is 2.22. The molecule has 1 saturated heterocycles. The van der Waals surface area contributed by atoms with Gasteiger partial charge in [-0.1, -0.05) is 6.07 Å². The number of rotatable bonds is 3. The monoisotopic (exact) mass is 299 g/mol. The number of carbonyl (C=O) groups excluding carboxylic acids is 2. The number of nitrogens with one attached hydrogen (secondary N) is 2. The molecule has 22 heavy (non-hydrogen) atoms. The minimum Gasteiger partial charge on any atom is -0.469 e. The zero-order valence-electron chi connectivity index (χ0n) is 12.3. The zero-order chi connectivity index (χ0) is 15.5.